The smallest absolute Gasteiger partial charge is 0.265 e. The van der Waals surface area contributed by atoms with Crippen molar-refractivity contribution in [2.75, 3.05) is 11.6 Å². The largest absolute Gasteiger partial charge is 0.324 e. The van der Waals surface area contributed by atoms with Crippen molar-refractivity contribution in [2.45, 2.75) is 43.8 Å². The zero-order chi connectivity index (χ0) is 23.2. The summed E-state index contributed by atoms with van der Waals surface area (Å²) in [5.74, 6) is 0.145. The van der Waals surface area contributed by atoms with Crippen molar-refractivity contribution in [1.29, 1.82) is 0 Å². The fourth-order valence-corrected chi connectivity index (χ4v) is 5.13. The van der Waals surface area contributed by atoms with E-state index < -0.39 is 0 Å². The first kappa shape index (κ1) is 21.5. The average Bonchev–Trinajstić information content (AvgIpc) is 3.17. The molecular formula is C25H25N5O2S. The summed E-state index contributed by atoms with van der Waals surface area (Å²) in [6, 6.07) is 17.4. The van der Waals surface area contributed by atoms with Crippen LogP contribution in [0.2, 0.25) is 0 Å². The van der Waals surface area contributed by atoms with E-state index in [0.29, 0.717) is 22.3 Å². The van der Waals surface area contributed by atoms with Crippen molar-refractivity contribution in [1.82, 2.24) is 19.2 Å². The summed E-state index contributed by atoms with van der Waals surface area (Å²) in [6.07, 6.45) is 3.48. The second-order valence-electron chi connectivity index (χ2n) is 8.58. The van der Waals surface area contributed by atoms with Gasteiger partial charge < -0.3 is 5.32 Å². The van der Waals surface area contributed by atoms with Gasteiger partial charge in [0.1, 0.15) is 6.54 Å². The summed E-state index contributed by atoms with van der Waals surface area (Å²) >= 11 is 1.37. The monoisotopic (exact) mass is 459 g/mol. The van der Waals surface area contributed by atoms with Crippen molar-refractivity contribution in [3.63, 3.8) is 0 Å². The minimum atomic E-state index is -0.322. The Bertz CT molecular complexity index is 1430. The van der Waals surface area contributed by atoms with Crippen LogP contribution in [0.3, 0.4) is 0 Å². The van der Waals surface area contributed by atoms with E-state index in [9.17, 15) is 9.59 Å². The maximum absolute atomic E-state index is 13.9. The third-order valence-electron chi connectivity index (χ3n) is 6.46. The van der Waals surface area contributed by atoms with Crippen molar-refractivity contribution in [2.24, 2.45) is 0 Å². The highest BCUT2D eigenvalue weighted by Gasteiger charge is 2.38. The molecule has 0 bridgehead atoms. The zero-order valence-electron chi connectivity index (χ0n) is 18.8. The van der Waals surface area contributed by atoms with Crippen molar-refractivity contribution < 1.29 is 4.79 Å². The molecule has 0 radical (unpaired) electrons. The number of thioether (sulfide) groups is 1. The van der Waals surface area contributed by atoms with E-state index in [1.54, 1.807) is 4.40 Å². The van der Waals surface area contributed by atoms with Crippen LogP contribution >= 0.6 is 11.8 Å². The molecule has 4 aromatic rings. The number of hydrogen-bond donors (Lipinski definition) is 1. The maximum Gasteiger partial charge on any atom is 0.265 e. The van der Waals surface area contributed by atoms with E-state index in [1.807, 2.05) is 54.8 Å². The summed E-state index contributed by atoms with van der Waals surface area (Å²) in [5.41, 5.74) is 3.87. The fourth-order valence-electron chi connectivity index (χ4n) is 4.60. The van der Waals surface area contributed by atoms with Gasteiger partial charge in [0.2, 0.25) is 11.7 Å². The van der Waals surface area contributed by atoms with Crippen LogP contribution in [0.5, 0.6) is 0 Å². The molecule has 1 aliphatic rings. The summed E-state index contributed by atoms with van der Waals surface area (Å²) in [7, 11) is 0. The number of hydrogen-bond acceptors (Lipinski definition) is 5. The van der Waals surface area contributed by atoms with Gasteiger partial charge >= 0.3 is 0 Å². The van der Waals surface area contributed by atoms with Gasteiger partial charge in [0.15, 0.2) is 5.16 Å². The molecule has 2 aromatic carbocycles. The molecule has 8 heteroatoms. The lowest BCUT2D eigenvalue weighted by molar-refractivity contribution is -0.116. The minimum absolute atomic E-state index is 0.0448. The molecule has 2 aromatic heterocycles. The van der Waals surface area contributed by atoms with Gasteiger partial charge in [-0.3, -0.25) is 9.59 Å². The van der Waals surface area contributed by atoms with Gasteiger partial charge in [-0.2, -0.15) is 0 Å². The van der Waals surface area contributed by atoms with E-state index in [-0.39, 0.29) is 23.4 Å². The Morgan fingerprint density at radius 1 is 1.15 bits per heavy atom. The number of aromatic nitrogens is 4. The van der Waals surface area contributed by atoms with E-state index in [1.165, 1.54) is 22.0 Å². The standard InChI is InChI=1S/C25H25N5O2S/c1-4-25(2)14-16-10-8-9-13-18(16)21-20(25)22(32)30-23(27-21)29(28-24(30)33-3)15-19(31)26-17-11-6-5-7-12-17/h5-13H,4,14-15H2,1-3H3,(H,26,31)/t25-/m0/s1. The molecule has 0 saturated heterocycles. The molecule has 1 atom stereocenters. The topological polar surface area (TPSA) is 81.3 Å². The first-order valence-corrected chi connectivity index (χ1v) is 12.2. The number of nitrogens with one attached hydrogen (secondary N) is 1. The van der Waals surface area contributed by atoms with Crippen LogP contribution in [0.1, 0.15) is 31.4 Å². The third-order valence-corrected chi connectivity index (χ3v) is 7.09. The third kappa shape index (κ3) is 3.54. The van der Waals surface area contributed by atoms with Gasteiger partial charge in [0.05, 0.1) is 11.3 Å². The molecule has 1 amide bonds. The lowest BCUT2D eigenvalue weighted by Crippen LogP contribution is -2.38. The molecule has 0 spiro atoms. The summed E-state index contributed by atoms with van der Waals surface area (Å²) < 4.78 is 3.08. The highest BCUT2D eigenvalue weighted by Crippen LogP contribution is 2.42. The van der Waals surface area contributed by atoms with Gasteiger partial charge in [-0.25, -0.2) is 14.1 Å². The normalized spacial score (nSPS) is 16.9. The second-order valence-corrected chi connectivity index (χ2v) is 9.36. The molecule has 7 nitrogen and oxygen atoms in total. The van der Waals surface area contributed by atoms with Gasteiger partial charge in [-0.15, -0.1) is 5.10 Å². The van der Waals surface area contributed by atoms with Crippen LogP contribution in [0.15, 0.2) is 64.5 Å². The van der Waals surface area contributed by atoms with Crippen molar-refractivity contribution in [3.05, 3.63) is 76.1 Å². The van der Waals surface area contributed by atoms with Gasteiger partial charge in [-0.1, -0.05) is 68.1 Å². The Labute approximate surface area is 195 Å². The summed E-state index contributed by atoms with van der Waals surface area (Å²) in [6.45, 7) is 4.20. The highest BCUT2D eigenvalue weighted by molar-refractivity contribution is 7.98. The molecule has 2 heterocycles. The summed E-state index contributed by atoms with van der Waals surface area (Å²) in [5, 5.41) is 7.97. The molecule has 0 aliphatic heterocycles. The molecule has 168 valence electrons. The Morgan fingerprint density at radius 3 is 2.61 bits per heavy atom. The number of fused-ring (bicyclic) bond motifs is 4. The number of carbonyl (C=O) groups excluding carboxylic acids is 1. The minimum Gasteiger partial charge on any atom is -0.324 e. The maximum atomic E-state index is 13.9. The quantitative estimate of drug-likeness (QED) is 0.454. The molecule has 0 unspecified atom stereocenters. The number of anilines is 1. The predicted molar refractivity (Wildman–Crippen MR) is 131 cm³/mol. The number of rotatable bonds is 5. The van der Waals surface area contributed by atoms with Crippen LogP contribution in [-0.4, -0.2) is 31.3 Å². The number of amides is 1. The van der Waals surface area contributed by atoms with E-state index in [2.05, 4.69) is 30.3 Å². The van der Waals surface area contributed by atoms with Crippen LogP contribution in [0.4, 0.5) is 5.69 Å². The van der Waals surface area contributed by atoms with Gasteiger partial charge in [0.25, 0.3) is 5.56 Å². The number of para-hydroxylation sites is 1. The Kier molecular flexibility index (Phi) is 5.32. The zero-order valence-corrected chi connectivity index (χ0v) is 19.6. The van der Waals surface area contributed by atoms with Crippen LogP contribution in [-0.2, 0) is 23.2 Å². The molecule has 0 saturated carbocycles. The summed E-state index contributed by atoms with van der Waals surface area (Å²) in [4.78, 5) is 31.6. The van der Waals surface area contributed by atoms with Gasteiger partial charge in [-0.05, 0) is 36.8 Å². The van der Waals surface area contributed by atoms with E-state index >= 15 is 0 Å². The van der Waals surface area contributed by atoms with Crippen LogP contribution < -0.4 is 10.9 Å². The van der Waals surface area contributed by atoms with Crippen LogP contribution in [0, 0.1) is 0 Å². The molecule has 5 rings (SSSR count). The molecular weight excluding hydrogens is 434 g/mol. The molecule has 0 fully saturated rings. The highest BCUT2D eigenvalue weighted by atomic mass is 32.2. The van der Waals surface area contributed by atoms with Crippen molar-refractivity contribution >= 4 is 29.1 Å². The Balaban J connectivity index is 1.68. The van der Waals surface area contributed by atoms with E-state index in [0.717, 1.165) is 24.0 Å². The number of carbonyl (C=O) groups is 1. The first-order chi connectivity index (χ1) is 15.9. The number of nitrogens with zero attached hydrogens (tertiary/aromatic N) is 4. The van der Waals surface area contributed by atoms with Gasteiger partial charge in [0, 0.05) is 16.7 Å². The average molecular weight is 460 g/mol. The molecule has 1 aliphatic carbocycles. The fraction of sp³-hybridized carbons (Fsp3) is 0.280. The molecule has 1 N–H and O–H groups in total. The molecule has 33 heavy (non-hydrogen) atoms. The van der Waals surface area contributed by atoms with Crippen LogP contribution in [0.25, 0.3) is 17.0 Å². The van der Waals surface area contributed by atoms with E-state index in [4.69, 9.17) is 4.98 Å². The number of benzene rings is 2. The lowest BCUT2D eigenvalue weighted by Gasteiger charge is -2.35. The lowest BCUT2D eigenvalue weighted by atomic mass is 9.69. The van der Waals surface area contributed by atoms with Crippen molar-refractivity contribution in [3.8, 4) is 11.3 Å². The predicted octanol–water partition coefficient (Wildman–Crippen LogP) is 4.14. The Hall–Kier alpha value is -3.39. The Morgan fingerprint density at radius 2 is 1.88 bits per heavy atom. The SMILES string of the molecule is CC[C@@]1(C)Cc2ccccc2-c2nc3n(CC(=O)Nc4ccccc4)nc(SC)n3c(=O)c21. The second kappa shape index (κ2) is 8.19. The first-order valence-electron chi connectivity index (χ1n) is 11.0.